The Bertz CT molecular complexity index is 594. The molecule has 0 aliphatic heterocycles. The Morgan fingerprint density at radius 2 is 1.12 bits per heavy atom. The molecule has 0 N–H and O–H groups in total. The van der Waals surface area contributed by atoms with E-state index in [9.17, 15) is 9.59 Å². The van der Waals surface area contributed by atoms with Crippen LogP contribution in [0.1, 0.15) is 127 Å². The van der Waals surface area contributed by atoms with Gasteiger partial charge in [0.05, 0.1) is 6.42 Å². The highest BCUT2D eigenvalue weighted by Gasteiger charge is 2.37. The van der Waals surface area contributed by atoms with E-state index in [1.54, 1.807) is 0 Å². The second-order valence-electron chi connectivity index (χ2n) is 11.9. The molecular formula is C29H54O4. The number of carbonyl (C=O) groups is 2. The topological polar surface area (TPSA) is 52.6 Å². The van der Waals surface area contributed by atoms with Crippen LogP contribution in [-0.2, 0) is 19.1 Å². The molecule has 0 rings (SSSR count). The van der Waals surface area contributed by atoms with Crippen LogP contribution in [-0.4, -0.2) is 24.1 Å². The Balaban J connectivity index is 5.28. The molecule has 4 atom stereocenters. The Morgan fingerprint density at radius 3 is 1.45 bits per heavy atom. The average molecular weight is 467 g/mol. The molecule has 0 fully saturated rings. The van der Waals surface area contributed by atoms with E-state index in [1.165, 1.54) is 0 Å². The smallest absolute Gasteiger partial charge is 0.334 e. The summed E-state index contributed by atoms with van der Waals surface area (Å²) in [5.41, 5.74) is -0.180. The molecule has 0 amide bonds. The first kappa shape index (κ1) is 31.7. The maximum absolute atomic E-state index is 12.9. The third-order valence-corrected chi connectivity index (χ3v) is 6.61. The lowest BCUT2D eigenvalue weighted by molar-refractivity contribution is -0.162. The van der Waals surface area contributed by atoms with E-state index in [-0.39, 0.29) is 35.0 Å². The first-order valence-corrected chi connectivity index (χ1v) is 13.3. The van der Waals surface area contributed by atoms with Crippen LogP contribution in [0.25, 0.3) is 0 Å². The Hall–Kier alpha value is -1.32. The summed E-state index contributed by atoms with van der Waals surface area (Å²) in [5.74, 6) is -0.268. The fourth-order valence-electron chi connectivity index (χ4n) is 4.66. The van der Waals surface area contributed by atoms with Crippen molar-refractivity contribution in [2.24, 2.45) is 22.7 Å². The third-order valence-electron chi connectivity index (χ3n) is 6.61. The van der Waals surface area contributed by atoms with Crippen LogP contribution in [0.5, 0.6) is 0 Å². The van der Waals surface area contributed by atoms with E-state index in [2.05, 4.69) is 75.8 Å². The van der Waals surface area contributed by atoms with E-state index in [0.717, 1.165) is 51.4 Å². The minimum atomic E-state index is -0.479. The van der Waals surface area contributed by atoms with Gasteiger partial charge in [0.25, 0.3) is 0 Å². The standard InChI is InChI=1S/C29H54O4/c1-12-16-18-22(14-3)25(28(6,7)8)32-24(30)20-21(5)27(31)33-26(29(9,10)11)23(15-4)19-17-13-2/h22-23,25-26H,5,12-20H2,1-4,6-11H3. The number of carbonyl (C=O) groups excluding carboxylic acids is 2. The van der Waals surface area contributed by atoms with Gasteiger partial charge in [-0.2, -0.15) is 0 Å². The number of unbranched alkanes of at least 4 members (excludes halogenated alkanes) is 2. The molecule has 0 aromatic carbocycles. The molecule has 4 unspecified atom stereocenters. The predicted molar refractivity (Wildman–Crippen MR) is 139 cm³/mol. The van der Waals surface area contributed by atoms with Crippen molar-refractivity contribution >= 4 is 11.9 Å². The first-order valence-electron chi connectivity index (χ1n) is 13.3. The van der Waals surface area contributed by atoms with Crippen LogP contribution in [0.4, 0.5) is 0 Å². The maximum Gasteiger partial charge on any atom is 0.334 e. The Kier molecular flexibility index (Phi) is 14.2. The average Bonchev–Trinajstić information content (AvgIpc) is 2.71. The summed E-state index contributed by atoms with van der Waals surface area (Å²) in [7, 11) is 0. The van der Waals surface area contributed by atoms with Gasteiger partial charge < -0.3 is 9.47 Å². The zero-order valence-corrected chi connectivity index (χ0v) is 23.5. The van der Waals surface area contributed by atoms with Gasteiger partial charge in [0.1, 0.15) is 12.2 Å². The molecule has 0 aliphatic carbocycles. The molecular weight excluding hydrogens is 412 g/mol. The second-order valence-corrected chi connectivity index (χ2v) is 11.9. The summed E-state index contributed by atoms with van der Waals surface area (Å²) in [6.07, 6.45) is 7.91. The van der Waals surface area contributed by atoms with Crippen molar-refractivity contribution in [2.75, 3.05) is 0 Å². The van der Waals surface area contributed by atoms with E-state index >= 15 is 0 Å². The normalized spacial score (nSPS) is 15.9. The number of hydrogen-bond donors (Lipinski definition) is 0. The van der Waals surface area contributed by atoms with Crippen molar-refractivity contribution in [3.63, 3.8) is 0 Å². The quantitative estimate of drug-likeness (QED) is 0.180. The molecule has 194 valence electrons. The third kappa shape index (κ3) is 11.6. The fraction of sp³-hybridized carbons (Fsp3) is 0.862. The lowest BCUT2D eigenvalue weighted by Gasteiger charge is -2.37. The molecule has 0 saturated carbocycles. The van der Waals surface area contributed by atoms with Gasteiger partial charge in [0, 0.05) is 5.57 Å². The highest BCUT2D eigenvalue weighted by Crippen LogP contribution is 2.35. The molecule has 33 heavy (non-hydrogen) atoms. The minimum Gasteiger partial charge on any atom is -0.461 e. The minimum absolute atomic E-state index is 0.127. The van der Waals surface area contributed by atoms with Crippen LogP contribution in [0.15, 0.2) is 12.2 Å². The molecule has 0 aliphatic rings. The Morgan fingerprint density at radius 1 is 0.727 bits per heavy atom. The molecule has 0 aromatic heterocycles. The van der Waals surface area contributed by atoms with Gasteiger partial charge in [-0.1, -0.05) is 101 Å². The van der Waals surface area contributed by atoms with Crippen molar-refractivity contribution in [1.82, 2.24) is 0 Å². The van der Waals surface area contributed by atoms with Gasteiger partial charge in [0.15, 0.2) is 0 Å². The van der Waals surface area contributed by atoms with Gasteiger partial charge in [-0.05, 0) is 48.3 Å². The van der Waals surface area contributed by atoms with Gasteiger partial charge in [-0.15, -0.1) is 0 Å². The SMILES string of the molecule is C=C(CC(=O)OC(C(CC)CCCC)C(C)(C)C)C(=O)OC(C(CC)CCCC)C(C)(C)C. The van der Waals surface area contributed by atoms with E-state index in [4.69, 9.17) is 9.47 Å². The molecule has 0 heterocycles. The second kappa shape index (κ2) is 14.8. The maximum atomic E-state index is 12.9. The summed E-state index contributed by atoms with van der Waals surface area (Å²) in [5, 5.41) is 0. The lowest BCUT2D eigenvalue weighted by atomic mass is 9.78. The van der Waals surface area contributed by atoms with Crippen molar-refractivity contribution in [3.8, 4) is 0 Å². The molecule has 0 saturated heterocycles. The Labute approximate surface area is 205 Å². The van der Waals surface area contributed by atoms with Crippen molar-refractivity contribution in [1.29, 1.82) is 0 Å². The number of rotatable bonds is 15. The highest BCUT2D eigenvalue weighted by molar-refractivity contribution is 5.93. The molecule has 0 aromatic rings. The number of ether oxygens (including phenoxy) is 2. The zero-order chi connectivity index (χ0) is 25.8. The highest BCUT2D eigenvalue weighted by atomic mass is 16.6. The number of esters is 2. The summed E-state index contributed by atoms with van der Waals surface area (Å²) in [4.78, 5) is 25.7. The summed E-state index contributed by atoms with van der Waals surface area (Å²) in [6.45, 7) is 25.2. The number of hydrogen-bond acceptors (Lipinski definition) is 4. The van der Waals surface area contributed by atoms with E-state index in [0.29, 0.717) is 11.8 Å². The molecule has 4 heteroatoms. The predicted octanol–water partition coefficient (Wildman–Crippen LogP) is 8.28. The van der Waals surface area contributed by atoms with Gasteiger partial charge in [0.2, 0.25) is 0 Å². The van der Waals surface area contributed by atoms with Crippen LogP contribution in [0.3, 0.4) is 0 Å². The lowest BCUT2D eigenvalue weighted by Crippen LogP contribution is -2.39. The largest absolute Gasteiger partial charge is 0.461 e. The van der Waals surface area contributed by atoms with E-state index < -0.39 is 11.9 Å². The van der Waals surface area contributed by atoms with E-state index in [1.807, 2.05) is 0 Å². The zero-order valence-electron chi connectivity index (χ0n) is 23.5. The summed E-state index contributed by atoms with van der Waals surface area (Å²) < 4.78 is 11.9. The summed E-state index contributed by atoms with van der Waals surface area (Å²) in [6, 6.07) is 0. The first-order chi connectivity index (χ1) is 15.2. The fourth-order valence-corrected chi connectivity index (χ4v) is 4.66. The van der Waals surface area contributed by atoms with Gasteiger partial charge >= 0.3 is 11.9 Å². The van der Waals surface area contributed by atoms with Crippen LogP contribution >= 0.6 is 0 Å². The summed E-state index contributed by atoms with van der Waals surface area (Å²) >= 11 is 0. The van der Waals surface area contributed by atoms with Gasteiger partial charge in [-0.25, -0.2) is 4.79 Å². The van der Waals surface area contributed by atoms with Crippen LogP contribution < -0.4 is 0 Å². The van der Waals surface area contributed by atoms with Crippen molar-refractivity contribution < 1.29 is 19.1 Å². The molecule has 4 nitrogen and oxygen atoms in total. The molecule has 0 spiro atoms. The van der Waals surface area contributed by atoms with Crippen molar-refractivity contribution in [3.05, 3.63) is 12.2 Å². The monoisotopic (exact) mass is 466 g/mol. The molecule has 0 bridgehead atoms. The van der Waals surface area contributed by atoms with Crippen molar-refractivity contribution in [2.45, 2.75) is 139 Å². The van der Waals surface area contributed by atoms with Crippen LogP contribution in [0.2, 0.25) is 0 Å². The molecule has 0 radical (unpaired) electrons. The van der Waals surface area contributed by atoms with Crippen LogP contribution in [0, 0.1) is 22.7 Å². The van der Waals surface area contributed by atoms with Gasteiger partial charge in [-0.3, -0.25) is 4.79 Å².